The Morgan fingerprint density at radius 3 is 2.29 bits per heavy atom. The van der Waals surface area contributed by atoms with E-state index in [4.69, 9.17) is 0 Å². The van der Waals surface area contributed by atoms with E-state index in [1.165, 1.54) is 25.8 Å². The third-order valence-electron chi connectivity index (χ3n) is 4.16. The van der Waals surface area contributed by atoms with Crippen molar-refractivity contribution in [2.24, 2.45) is 11.3 Å². The van der Waals surface area contributed by atoms with E-state index in [-0.39, 0.29) is 0 Å². The second-order valence-corrected chi connectivity index (χ2v) is 6.89. The highest BCUT2D eigenvalue weighted by molar-refractivity contribution is 4.88. The minimum absolute atomic E-state index is 0.340. The van der Waals surface area contributed by atoms with Crippen LogP contribution in [0.25, 0.3) is 0 Å². The van der Waals surface area contributed by atoms with Crippen molar-refractivity contribution in [2.45, 2.75) is 66.0 Å². The van der Waals surface area contributed by atoms with Gasteiger partial charge in [0.25, 0.3) is 0 Å². The molecule has 1 saturated carbocycles. The maximum absolute atomic E-state index is 3.71. The van der Waals surface area contributed by atoms with E-state index < -0.39 is 0 Å². The predicted molar refractivity (Wildman–Crippen MR) is 76.4 cm³/mol. The third-order valence-corrected chi connectivity index (χ3v) is 4.16. The van der Waals surface area contributed by atoms with Crippen LogP contribution in [-0.4, -0.2) is 37.1 Å². The molecule has 0 bridgehead atoms. The molecule has 0 aromatic heterocycles. The fraction of sp³-hybridized carbons (Fsp3) is 1.00. The first-order valence-corrected chi connectivity index (χ1v) is 7.30. The molecular formula is C15H32N2. The topological polar surface area (TPSA) is 15.3 Å². The van der Waals surface area contributed by atoms with Crippen molar-refractivity contribution < 1.29 is 0 Å². The average Bonchev–Trinajstić information content (AvgIpc) is 3.04. The summed E-state index contributed by atoms with van der Waals surface area (Å²) in [7, 11) is 2.29. The van der Waals surface area contributed by atoms with Crippen molar-refractivity contribution in [3.8, 4) is 0 Å². The number of rotatable bonds is 7. The summed E-state index contributed by atoms with van der Waals surface area (Å²) in [6.07, 6.45) is 4.09. The molecule has 1 aliphatic carbocycles. The van der Waals surface area contributed by atoms with Crippen molar-refractivity contribution in [1.29, 1.82) is 0 Å². The van der Waals surface area contributed by atoms with Crippen LogP contribution in [-0.2, 0) is 0 Å². The quantitative estimate of drug-likeness (QED) is 0.735. The van der Waals surface area contributed by atoms with Crippen molar-refractivity contribution in [3.63, 3.8) is 0 Å². The number of hydrogen-bond acceptors (Lipinski definition) is 2. The maximum atomic E-state index is 3.71. The standard InChI is InChI=1S/C15H32N2/c1-7-10-16-14(15(3,4)5)11-17(6)12(2)13-8-9-13/h12-14,16H,7-11H2,1-6H3. The van der Waals surface area contributed by atoms with Gasteiger partial charge in [-0.3, -0.25) is 0 Å². The summed E-state index contributed by atoms with van der Waals surface area (Å²) in [6, 6.07) is 1.34. The van der Waals surface area contributed by atoms with Gasteiger partial charge in [0.05, 0.1) is 0 Å². The monoisotopic (exact) mass is 240 g/mol. The highest BCUT2D eigenvalue weighted by Crippen LogP contribution is 2.35. The van der Waals surface area contributed by atoms with Gasteiger partial charge in [-0.15, -0.1) is 0 Å². The Balaban J connectivity index is 2.46. The van der Waals surface area contributed by atoms with Crippen molar-refractivity contribution in [1.82, 2.24) is 10.2 Å². The molecule has 1 aliphatic rings. The van der Waals surface area contributed by atoms with E-state index in [9.17, 15) is 0 Å². The number of nitrogens with one attached hydrogen (secondary N) is 1. The molecule has 1 rings (SSSR count). The van der Waals surface area contributed by atoms with Gasteiger partial charge in [-0.25, -0.2) is 0 Å². The zero-order chi connectivity index (χ0) is 13.1. The second kappa shape index (κ2) is 6.19. The van der Waals surface area contributed by atoms with E-state index >= 15 is 0 Å². The van der Waals surface area contributed by atoms with E-state index in [0.29, 0.717) is 11.5 Å². The predicted octanol–water partition coefficient (Wildman–Crippen LogP) is 3.13. The van der Waals surface area contributed by atoms with Gasteiger partial charge in [-0.1, -0.05) is 27.7 Å². The summed E-state index contributed by atoms with van der Waals surface area (Å²) in [5.41, 5.74) is 0.340. The van der Waals surface area contributed by atoms with Gasteiger partial charge < -0.3 is 10.2 Å². The Bertz CT molecular complexity index is 215. The normalized spacial score (nSPS) is 20.6. The van der Waals surface area contributed by atoms with Gasteiger partial charge >= 0.3 is 0 Å². The van der Waals surface area contributed by atoms with Gasteiger partial charge in [-0.05, 0) is 51.1 Å². The van der Waals surface area contributed by atoms with Crippen LogP contribution >= 0.6 is 0 Å². The molecule has 2 atom stereocenters. The molecule has 1 fully saturated rings. The van der Waals surface area contributed by atoms with Crippen LogP contribution in [0.4, 0.5) is 0 Å². The van der Waals surface area contributed by atoms with Crippen LogP contribution in [0.5, 0.6) is 0 Å². The summed E-state index contributed by atoms with van der Waals surface area (Å²) < 4.78 is 0. The molecule has 1 N–H and O–H groups in total. The van der Waals surface area contributed by atoms with Crippen LogP contribution in [0.2, 0.25) is 0 Å². The fourth-order valence-corrected chi connectivity index (χ4v) is 2.36. The lowest BCUT2D eigenvalue weighted by Crippen LogP contribution is -2.50. The number of nitrogens with zero attached hydrogens (tertiary/aromatic N) is 1. The average molecular weight is 240 g/mol. The zero-order valence-electron chi connectivity index (χ0n) is 12.7. The number of likely N-dealkylation sites (N-methyl/N-ethyl adjacent to an activating group) is 1. The summed E-state index contributed by atoms with van der Waals surface area (Å²) >= 11 is 0. The Morgan fingerprint density at radius 1 is 1.29 bits per heavy atom. The highest BCUT2D eigenvalue weighted by Gasteiger charge is 2.33. The van der Waals surface area contributed by atoms with Crippen molar-refractivity contribution >= 4 is 0 Å². The summed E-state index contributed by atoms with van der Waals surface area (Å²) in [6.45, 7) is 14.0. The lowest BCUT2D eigenvalue weighted by molar-refractivity contribution is 0.156. The molecule has 0 aromatic carbocycles. The minimum Gasteiger partial charge on any atom is -0.312 e. The van der Waals surface area contributed by atoms with E-state index in [1.807, 2.05) is 0 Å². The first-order chi connectivity index (χ1) is 7.86. The Kier molecular flexibility index (Phi) is 5.46. The molecule has 102 valence electrons. The van der Waals surface area contributed by atoms with Crippen LogP contribution in [0.15, 0.2) is 0 Å². The van der Waals surface area contributed by atoms with Crippen molar-refractivity contribution in [3.05, 3.63) is 0 Å². The van der Waals surface area contributed by atoms with E-state index in [0.717, 1.165) is 18.5 Å². The van der Waals surface area contributed by atoms with Crippen molar-refractivity contribution in [2.75, 3.05) is 20.1 Å². The van der Waals surface area contributed by atoms with Gasteiger partial charge in [0.1, 0.15) is 0 Å². The Hall–Kier alpha value is -0.0800. The molecule has 2 unspecified atom stereocenters. The summed E-state index contributed by atoms with van der Waals surface area (Å²) in [5, 5.41) is 3.71. The highest BCUT2D eigenvalue weighted by atomic mass is 15.2. The lowest BCUT2D eigenvalue weighted by atomic mass is 9.86. The largest absolute Gasteiger partial charge is 0.312 e. The van der Waals surface area contributed by atoms with E-state index in [2.05, 4.69) is 51.9 Å². The maximum Gasteiger partial charge on any atom is 0.0243 e. The molecular weight excluding hydrogens is 208 g/mol. The molecule has 0 radical (unpaired) electrons. The fourth-order valence-electron chi connectivity index (χ4n) is 2.36. The molecule has 0 heterocycles. The van der Waals surface area contributed by atoms with Crippen LogP contribution in [0.3, 0.4) is 0 Å². The summed E-state index contributed by atoms with van der Waals surface area (Å²) in [4.78, 5) is 2.55. The van der Waals surface area contributed by atoms with Gasteiger partial charge in [-0.2, -0.15) is 0 Å². The molecule has 0 saturated heterocycles. The summed E-state index contributed by atoms with van der Waals surface area (Å²) in [5.74, 6) is 0.965. The molecule has 2 nitrogen and oxygen atoms in total. The third kappa shape index (κ3) is 4.97. The zero-order valence-corrected chi connectivity index (χ0v) is 12.7. The number of hydrogen-bond donors (Lipinski definition) is 1. The Morgan fingerprint density at radius 2 is 1.88 bits per heavy atom. The Labute approximate surface area is 108 Å². The molecule has 0 amide bonds. The lowest BCUT2D eigenvalue weighted by Gasteiger charge is -2.37. The smallest absolute Gasteiger partial charge is 0.0243 e. The van der Waals surface area contributed by atoms with Gasteiger partial charge in [0.15, 0.2) is 0 Å². The van der Waals surface area contributed by atoms with Crippen LogP contribution in [0, 0.1) is 11.3 Å². The minimum atomic E-state index is 0.340. The van der Waals surface area contributed by atoms with Gasteiger partial charge in [0.2, 0.25) is 0 Å². The van der Waals surface area contributed by atoms with Crippen LogP contribution in [0.1, 0.15) is 53.9 Å². The first-order valence-electron chi connectivity index (χ1n) is 7.30. The molecule has 0 aromatic rings. The molecule has 0 aliphatic heterocycles. The molecule has 0 spiro atoms. The molecule has 2 heteroatoms. The second-order valence-electron chi connectivity index (χ2n) is 6.89. The van der Waals surface area contributed by atoms with Crippen LogP contribution < -0.4 is 5.32 Å². The van der Waals surface area contributed by atoms with E-state index in [1.54, 1.807) is 0 Å². The first kappa shape index (κ1) is 15.0. The molecule has 17 heavy (non-hydrogen) atoms. The van der Waals surface area contributed by atoms with Gasteiger partial charge in [0, 0.05) is 18.6 Å². The SMILES string of the molecule is CCCNC(CN(C)C(C)C1CC1)C(C)(C)C.